The molecule has 0 aliphatic heterocycles. The molecular formula is C13H9BrClN3O. The first kappa shape index (κ1) is 12.4. The van der Waals surface area contributed by atoms with Crippen LogP contribution in [0.15, 0.2) is 47.1 Å². The maximum absolute atomic E-state index is 5.82. The van der Waals surface area contributed by atoms with E-state index in [9.17, 15) is 0 Å². The second-order valence-corrected chi connectivity index (χ2v) is 5.29. The zero-order chi connectivity index (χ0) is 13.2. The lowest BCUT2D eigenvalue weighted by Crippen LogP contribution is -2.01. The Morgan fingerprint density at radius 2 is 1.89 bits per heavy atom. The Morgan fingerprint density at radius 3 is 2.68 bits per heavy atom. The minimum Gasteiger partial charge on any atom is -0.486 e. The fourth-order valence-electron chi connectivity index (χ4n) is 1.69. The average molecular weight is 339 g/mol. The van der Waals surface area contributed by atoms with Gasteiger partial charge in [0.25, 0.3) is 0 Å². The first-order valence-corrected chi connectivity index (χ1v) is 6.77. The highest BCUT2D eigenvalue weighted by atomic mass is 79.9. The van der Waals surface area contributed by atoms with Gasteiger partial charge in [0.2, 0.25) is 0 Å². The van der Waals surface area contributed by atoms with Gasteiger partial charge in [-0.15, -0.1) is 10.2 Å². The van der Waals surface area contributed by atoms with Crippen LogP contribution < -0.4 is 4.74 Å². The van der Waals surface area contributed by atoms with Crippen molar-refractivity contribution in [2.75, 3.05) is 0 Å². The predicted octanol–water partition coefficient (Wildman–Crippen LogP) is 3.72. The van der Waals surface area contributed by atoms with Crippen LogP contribution in [-0.4, -0.2) is 14.6 Å². The molecule has 2 heterocycles. The summed E-state index contributed by atoms with van der Waals surface area (Å²) in [5.41, 5.74) is 0.790. The van der Waals surface area contributed by atoms with Crippen LogP contribution in [0.4, 0.5) is 0 Å². The Balaban J connectivity index is 1.81. The molecule has 0 spiro atoms. The highest BCUT2D eigenvalue weighted by Gasteiger charge is 2.06. The van der Waals surface area contributed by atoms with Gasteiger partial charge in [-0.05, 0) is 52.3 Å². The van der Waals surface area contributed by atoms with Crippen LogP contribution in [0.2, 0.25) is 5.02 Å². The molecule has 19 heavy (non-hydrogen) atoms. The molecule has 0 aliphatic rings. The normalized spacial score (nSPS) is 10.8. The van der Waals surface area contributed by atoms with Crippen molar-refractivity contribution in [1.82, 2.24) is 14.6 Å². The third-order valence-corrected chi connectivity index (χ3v) is 3.34. The van der Waals surface area contributed by atoms with Crippen molar-refractivity contribution in [1.29, 1.82) is 0 Å². The van der Waals surface area contributed by atoms with E-state index in [0.29, 0.717) is 11.6 Å². The van der Waals surface area contributed by atoms with E-state index in [1.807, 2.05) is 34.9 Å². The Labute approximate surface area is 123 Å². The van der Waals surface area contributed by atoms with Crippen molar-refractivity contribution in [3.63, 3.8) is 0 Å². The molecule has 0 fully saturated rings. The second kappa shape index (κ2) is 5.19. The van der Waals surface area contributed by atoms with E-state index >= 15 is 0 Å². The lowest BCUT2D eigenvalue weighted by molar-refractivity contribution is 0.294. The number of fused-ring (bicyclic) bond motifs is 1. The summed E-state index contributed by atoms with van der Waals surface area (Å²) in [6, 6.07) is 11.0. The summed E-state index contributed by atoms with van der Waals surface area (Å²) in [5.74, 6) is 1.49. The van der Waals surface area contributed by atoms with E-state index in [1.54, 1.807) is 12.1 Å². The van der Waals surface area contributed by atoms with Crippen molar-refractivity contribution in [2.45, 2.75) is 6.61 Å². The van der Waals surface area contributed by atoms with E-state index in [1.165, 1.54) is 0 Å². The molecule has 0 saturated heterocycles. The molecule has 3 aromatic rings. The monoisotopic (exact) mass is 337 g/mol. The topological polar surface area (TPSA) is 39.4 Å². The largest absolute Gasteiger partial charge is 0.486 e. The molecule has 0 atom stereocenters. The number of rotatable bonds is 3. The molecule has 0 N–H and O–H groups in total. The van der Waals surface area contributed by atoms with Crippen LogP contribution in [0.25, 0.3) is 5.65 Å². The highest BCUT2D eigenvalue weighted by Crippen LogP contribution is 2.17. The van der Waals surface area contributed by atoms with Crippen LogP contribution in [-0.2, 0) is 6.61 Å². The molecule has 0 amide bonds. The summed E-state index contributed by atoms with van der Waals surface area (Å²) in [5, 5.41) is 8.87. The van der Waals surface area contributed by atoms with E-state index in [0.717, 1.165) is 21.7 Å². The van der Waals surface area contributed by atoms with Gasteiger partial charge in [-0.2, -0.15) is 0 Å². The van der Waals surface area contributed by atoms with Gasteiger partial charge >= 0.3 is 0 Å². The van der Waals surface area contributed by atoms with Crippen LogP contribution in [0.1, 0.15) is 5.82 Å². The van der Waals surface area contributed by atoms with Gasteiger partial charge in [-0.1, -0.05) is 11.6 Å². The highest BCUT2D eigenvalue weighted by molar-refractivity contribution is 9.10. The Bertz CT molecular complexity index is 711. The number of aromatic nitrogens is 3. The van der Waals surface area contributed by atoms with Crippen LogP contribution in [0.5, 0.6) is 5.75 Å². The lowest BCUT2D eigenvalue weighted by Gasteiger charge is -2.05. The fourth-order valence-corrected chi connectivity index (χ4v) is 2.15. The SMILES string of the molecule is Clc1ccc(OCc2nnc3ccc(Br)cn23)cc1. The summed E-state index contributed by atoms with van der Waals surface area (Å²) in [6.45, 7) is 0.346. The smallest absolute Gasteiger partial charge is 0.175 e. The molecule has 1 aromatic carbocycles. The van der Waals surface area contributed by atoms with E-state index in [4.69, 9.17) is 16.3 Å². The van der Waals surface area contributed by atoms with E-state index < -0.39 is 0 Å². The van der Waals surface area contributed by atoms with Crippen LogP contribution in [0, 0.1) is 0 Å². The van der Waals surface area contributed by atoms with Gasteiger partial charge in [0, 0.05) is 15.7 Å². The summed E-state index contributed by atoms with van der Waals surface area (Å²) < 4.78 is 8.51. The van der Waals surface area contributed by atoms with Crippen molar-refractivity contribution in [2.24, 2.45) is 0 Å². The third kappa shape index (κ3) is 2.72. The van der Waals surface area contributed by atoms with Gasteiger partial charge in [-0.3, -0.25) is 4.40 Å². The zero-order valence-corrected chi connectivity index (χ0v) is 12.1. The molecule has 4 nitrogen and oxygen atoms in total. The van der Waals surface area contributed by atoms with Gasteiger partial charge in [0.05, 0.1) is 0 Å². The Morgan fingerprint density at radius 1 is 1.11 bits per heavy atom. The van der Waals surface area contributed by atoms with Gasteiger partial charge in [0.15, 0.2) is 11.5 Å². The number of hydrogen-bond acceptors (Lipinski definition) is 3. The maximum atomic E-state index is 5.82. The van der Waals surface area contributed by atoms with Crippen LogP contribution >= 0.6 is 27.5 Å². The molecule has 0 aliphatic carbocycles. The summed E-state index contributed by atoms with van der Waals surface area (Å²) in [4.78, 5) is 0. The van der Waals surface area contributed by atoms with Crippen molar-refractivity contribution < 1.29 is 4.74 Å². The maximum Gasteiger partial charge on any atom is 0.175 e. The standard InChI is InChI=1S/C13H9BrClN3O/c14-9-1-6-12-16-17-13(18(12)7-9)8-19-11-4-2-10(15)3-5-11/h1-7H,8H2. The summed E-state index contributed by atoms with van der Waals surface area (Å²) >= 11 is 9.24. The van der Waals surface area contributed by atoms with Gasteiger partial charge in [0.1, 0.15) is 12.4 Å². The summed E-state index contributed by atoms with van der Waals surface area (Å²) in [7, 11) is 0. The van der Waals surface area contributed by atoms with Crippen molar-refractivity contribution in [3.05, 3.63) is 57.9 Å². The summed E-state index contributed by atoms with van der Waals surface area (Å²) in [6.07, 6.45) is 1.91. The molecular weight excluding hydrogens is 330 g/mol. The Kier molecular flexibility index (Phi) is 3.40. The zero-order valence-electron chi connectivity index (χ0n) is 9.75. The lowest BCUT2D eigenvalue weighted by atomic mass is 10.3. The molecule has 96 valence electrons. The minimum atomic E-state index is 0.346. The molecule has 0 bridgehead atoms. The Hall–Kier alpha value is -1.59. The predicted molar refractivity (Wildman–Crippen MR) is 76.5 cm³/mol. The van der Waals surface area contributed by atoms with Crippen LogP contribution in [0.3, 0.4) is 0 Å². The second-order valence-electron chi connectivity index (χ2n) is 3.93. The van der Waals surface area contributed by atoms with Gasteiger partial charge < -0.3 is 4.74 Å². The van der Waals surface area contributed by atoms with Crippen molar-refractivity contribution in [3.8, 4) is 5.75 Å². The molecule has 0 radical (unpaired) electrons. The molecule has 6 heteroatoms. The fraction of sp³-hybridized carbons (Fsp3) is 0.0769. The number of halogens is 2. The van der Waals surface area contributed by atoms with E-state index in [-0.39, 0.29) is 0 Å². The first-order chi connectivity index (χ1) is 9.22. The quantitative estimate of drug-likeness (QED) is 0.730. The number of benzene rings is 1. The van der Waals surface area contributed by atoms with E-state index in [2.05, 4.69) is 26.1 Å². The minimum absolute atomic E-state index is 0.346. The number of hydrogen-bond donors (Lipinski definition) is 0. The number of ether oxygens (including phenoxy) is 1. The van der Waals surface area contributed by atoms with Crippen molar-refractivity contribution >= 4 is 33.2 Å². The molecule has 0 unspecified atom stereocenters. The molecule has 0 saturated carbocycles. The average Bonchev–Trinajstić information content (AvgIpc) is 2.80. The number of pyridine rings is 1. The molecule has 3 rings (SSSR count). The van der Waals surface area contributed by atoms with Gasteiger partial charge in [-0.25, -0.2) is 0 Å². The number of nitrogens with zero attached hydrogens (tertiary/aromatic N) is 3. The third-order valence-electron chi connectivity index (χ3n) is 2.62. The first-order valence-electron chi connectivity index (χ1n) is 5.60. The molecule has 2 aromatic heterocycles.